The van der Waals surface area contributed by atoms with E-state index in [2.05, 4.69) is 25.9 Å². The van der Waals surface area contributed by atoms with Crippen molar-refractivity contribution in [1.29, 1.82) is 0 Å². The number of nitrogens with two attached hydrogens (primary N) is 1. The molecule has 0 unspecified atom stereocenters. The number of halogens is 3. The molecule has 8 nitrogen and oxygen atoms in total. The van der Waals surface area contributed by atoms with E-state index in [9.17, 15) is 22.8 Å². The number of nitrogens with one attached hydrogen (secondary N) is 3. The molecule has 0 aliphatic carbocycles. The summed E-state index contributed by atoms with van der Waals surface area (Å²) in [6, 6.07) is 5.01. The quantitative estimate of drug-likeness (QED) is 0.608. The lowest BCUT2D eigenvalue weighted by Crippen LogP contribution is -2.19. The smallest absolute Gasteiger partial charge is 0.370 e. The molecule has 1 aliphatic rings. The predicted molar refractivity (Wildman–Crippen MR) is 91.4 cm³/mol. The molecule has 3 rings (SSSR count). The lowest BCUT2D eigenvalue weighted by Gasteiger charge is -2.14. The fourth-order valence-corrected chi connectivity index (χ4v) is 2.52. The first kappa shape index (κ1) is 18.4. The molecule has 2 heterocycles. The van der Waals surface area contributed by atoms with Crippen LogP contribution in [0.2, 0.25) is 0 Å². The molecule has 0 fully saturated rings. The number of fused-ring (bicyclic) bond motifs is 1. The number of rotatable bonds is 6. The van der Waals surface area contributed by atoms with E-state index in [4.69, 9.17) is 5.73 Å². The van der Waals surface area contributed by atoms with Gasteiger partial charge in [0.05, 0.1) is 6.42 Å². The Morgan fingerprint density at radius 2 is 2.11 bits per heavy atom. The van der Waals surface area contributed by atoms with Crippen molar-refractivity contribution in [3.05, 3.63) is 35.5 Å². The monoisotopic (exact) mass is 380 g/mol. The first-order valence-corrected chi connectivity index (χ1v) is 7.88. The van der Waals surface area contributed by atoms with Crippen LogP contribution in [0.15, 0.2) is 24.4 Å². The Morgan fingerprint density at radius 3 is 2.81 bits per heavy atom. The second-order valence-electron chi connectivity index (χ2n) is 5.82. The molecule has 2 amide bonds. The maximum atomic E-state index is 13.1. The average Bonchev–Trinajstić information content (AvgIpc) is 2.93. The molecular formula is C16H15F3N6O2. The number of anilines is 4. The predicted octanol–water partition coefficient (Wildman–Crippen LogP) is 2.02. The van der Waals surface area contributed by atoms with E-state index in [1.807, 2.05) is 0 Å². The summed E-state index contributed by atoms with van der Waals surface area (Å²) >= 11 is 0. The van der Waals surface area contributed by atoms with Gasteiger partial charge in [-0.3, -0.25) is 9.59 Å². The first-order valence-electron chi connectivity index (χ1n) is 7.88. The normalized spacial score (nSPS) is 13.1. The van der Waals surface area contributed by atoms with Gasteiger partial charge >= 0.3 is 6.18 Å². The van der Waals surface area contributed by atoms with E-state index in [1.54, 1.807) is 18.2 Å². The van der Waals surface area contributed by atoms with Gasteiger partial charge in [0.1, 0.15) is 11.4 Å². The number of benzene rings is 1. The maximum absolute atomic E-state index is 13.1. The summed E-state index contributed by atoms with van der Waals surface area (Å²) in [4.78, 5) is 29.7. The van der Waals surface area contributed by atoms with Crippen LogP contribution >= 0.6 is 0 Å². The number of hydrogen-bond donors (Lipinski definition) is 4. The summed E-state index contributed by atoms with van der Waals surface area (Å²) in [5, 5.41) is 7.95. The number of primary amides is 1. The molecular weight excluding hydrogens is 365 g/mol. The van der Waals surface area contributed by atoms with Gasteiger partial charge in [0, 0.05) is 30.5 Å². The van der Waals surface area contributed by atoms with Crippen LogP contribution in [0.5, 0.6) is 0 Å². The molecule has 142 valence electrons. The van der Waals surface area contributed by atoms with Crippen molar-refractivity contribution in [2.75, 3.05) is 22.5 Å². The minimum atomic E-state index is -4.66. The lowest BCUT2D eigenvalue weighted by atomic mass is 10.1. The fourth-order valence-electron chi connectivity index (χ4n) is 2.52. The van der Waals surface area contributed by atoms with Crippen LogP contribution in [0, 0.1) is 0 Å². The van der Waals surface area contributed by atoms with Gasteiger partial charge in [0.2, 0.25) is 17.8 Å². The van der Waals surface area contributed by atoms with E-state index in [0.29, 0.717) is 17.6 Å². The highest BCUT2D eigenvalue weighted by molar-refractivity contribution is 5.99. The van der Waals surface area contributed by atoms with Crippen LogP contribution in [0.3, 0.4) is 0 Å². The van der Waals surface area contributed by atoms with Gasteiger partial charge < -0.3 is 21.7 Å². The number of nitrogens with zero attached hydrogens (tertiary/aromatic N) is 2. The second-order valence-corrected chi connectivity index (χ2v) is 5.82. The SMILES string of the molecule is NC(=O)CCNc1nc(Nc2ccc3c(c2)CC(=O)N3)ncc1C(F)(F)F. The Hall–Kier alpha value is -3.37. The van der Waals surface area contributed by atoms with Crippen LogP contribution in [-0.4, -0.2) is 28.3 Å². The summed E-state index contributed by atoms with van der Waals surface area (Å²) in [5.74, 6) is -1.31. The van der Waals surface area contributed by atoms with E-state index < -0.39 is 23.5 Å². The van der Waals surface area contributed by atoms with Crippen molar-refractivity contribution in [3.8, 4) is 0 Å². The summed E-state index contributed by atoms with van der Waals surface area (Å²) in [6.07, 6.45) is -3.93. The standard InChI is InChI=1S/C16H15F3N6O2/c17-16(18,19)10-7-22-15(25-14(10)21-4-3-12(20)26)23-9-1-2-11-8(5-9)6-13(27)24-11/h1-2,5,7H,3-4,6H2,(H2,20,26)(H,24,27)(H2,21,22,23,25). The van der Waals surface area contributed by atoms with Crippen molar-refractivity contribution in [2.45, 2.75) is 19.0 Å². The molecule has 27 heavy (non-hydrogen) atoms. The number of carbonyl (C=O) groups excluding carboxylic acids is 2. The molecule has 1 aliphatic heterocycles. The van der Waals surface area contributed by atoms with E-state index in [1.165, 1.54) is 0 Å². The maximum Gasteiger partial charge on any atom is 0.421 e. The van der Waals surface area contributed by atoms with Crippen LogP contribution in [0.1, 0.15) is 17.5 Å². The highest BCUT2D eigenvalue weighted by Crippen LogP contribution is 2.34. The van der Waals surface area contributed by atoms with E-state index in [-0.39, 0.29) is 31.2 Å². The summed E-state index contributed by atoms with van der Waals surface area (Å²) in [7, 11) is 0. The number of amides is 2. The molecule has 0 radical (unpaired) electrons. The Balaban J connectivity index is 1.82. The van der Waals surface area contributed by atoms with Gasteiger partial charge in [-0.1, -0.05) is 0 Å². The third kappa shape index (κ3) is 4.43. The Morgan fingerprint density at radius 1 is 1.33 bits per heavy atom. The largest absolute Gasteiger partial charge is 0.421 e. The zero-order chi connectivity index (χ0) is 19.6. The third-order valence-corrected chi connectivity index (χ3v) is 3.74. The molecule has 1 aromatic heterocycles. The summed E-state index contributed by atoms with van der Waals surface area (Å²) < 4.78 is 39.3. The van der Waals surface area contributed by atoms with Gasteiger partial charge in [-0.25, -0.2) is 4.98 Å². The highest BCUT2D eigenvalue weighted by atomic mass is 19.4. The topological polar surface area (TPSA) is 122 Å². The van der Waals surface area contributed by atoms with Gasteiger partial charge in [-0.15, -0.1) is 0 Å². The van der Waals surface area contributed by atoms with Crippen LogP contribution in [0.25, 0.3) is 0 Å². The molecule has 1 aromatic carbocycles. The Kier molecular flexibility index (Phi) is 4.84. The zero-order valence-corrected chi connectivity index (χ0v) is 13.9. The first-order chi connectivity index (χ1) is 12.7. The Bertz CT molecular complexity index is 900. The Labute approximate surface area is 151 Å². The molecule has 2 aromatic rings. The van der Waals surface area contributed by atoms with E-state index >= 15 is 0 Å². The average molecular weight is 380 g/mol. The lowest BCUT2D eigenvalue weighted by molar-refractivity contribution is -0.137. The minimum absolute atomic E-state index is 0.0678. The van der Waals surface area contributed by atoms with Gasteiger partial charge in [0.25, 0.3) is 0 Å². The van der Waals surface area contributed by atoms with Crippen LogP contribution in [-0.2, 0) is 22.2 Å². The van der Waals surface area contributed by atoms with Crippen molar-refractivity contribution in [1.82, 2.24) is 9.97 Å². The summed E-state index contributed by atoms with van der Waals surface area (Å²) in [5.41, 5.74) is 5.91. The van der Waals surface area contributed by atoms with Crippen molar-refractivity contribution in [2.24, 2.45) is 5.73 Å². The molecule has 0 spiro atoms. The zero-order valence-electron chi connectivity index (χ0n) is 13.9. The molecule has 5 N–H and O–H groups in total. The van der Waals surface area contributed by atoms with Crippen LogP contribution in [0.4, 0.5) is 36.3 Å². The van der Waals surface area contributed by atoms with Crippen molar-refractivity contribution in [3.63, 3.8) is 0 Å². The second kappa shape index (κ2) is 7.09. The number of alkyl halides is 3. The molecule has 0 saturated carbocycles. The highest BCUT2D eigenvalue weighted by Gasteiger charge is 2.35. The fraction of sp³-hybridized carbons (Fsp3) is 0.250. The number of hydrogen-bond acceptors (Lipinski definition) is 6. The third-order valence-electron chi connectivity index (χ3n) is 3.74. The molecule has 0 bridgehead atoms. The molecule has 11 heteroatoms. The van der Waals surface area contributed by atoms with Crippen molar-refractivity contribution < 1.29 is 22.8 Å². The number of aromatic nitrogens is 2. The van der Waals surface area contributed by atoms with Gasteiger partial charge in [0.15, 0.2) is 0 Å². The van der Waals surface area contributed by atoms with E-state index in [0.717, 1.165) is 5.56 Å². The van der Waals surface area contributed by atoms with Crippen LogP contribution < -0.4 is 21.7 Å². The molecule has 0 saturated heterocycles. The van der Waals surface area contributed by atoms with Crippen molar-refractivity contribution >= 4 is 35.0 Å². The van der Waals surface area contributed by atoms with Gasteiger partial charge in [-0.2, -0.15) is 18.2 Å². The molecule has 0 atom stereocenters. The van der Waals surface area contributed by atoms with Gasteiger partial charge in [-0.05, 0) is 23.8 Å². The number of carbonyl (C=O) groups is 2. The summed E-state index contributed by atoms with van der Waals surface area (Å²) in [6.45, 7) is -0.0957. The minimum Gasteiger partial charge on any atom is -0.370 e.